The minimum absolute atomic E-state index is 0.104. The molecule has 1 fully saturated rings. The number of carboxylic acids is 1. The van der Waals surface area contributed by atoms with Gasteiger partial charge in [-0.1, -0.05) is 12.1 Å². The van der Waals surface area contributed by atoms with Gasteiger partial charge in [0.25, 0.3) is 0 Å². The number of aromatic nitrogens is 2. The molecule has 5 nitrogen and oxygen atoms in total. The predicted octanol–water partition coefficient (Wildman–Crippen LogP) is 1.62. The molecule has 0 saturated carbocycles. The zero-order valence-corrected chi connectivity index (χ0v) is 11.1. The Labute approximate surface area is 111 Å². The Morgan fingerprint density at radius 1 is 1.53 bits per heavy atom. The number of nitrogens with zero attached hydrogens (tertiary/aromatic N) is 2. The van der Waals surface area contributed by atoms with Crippen molar-refractivity contribution in [3.8, 4) is 0 Å². The number of carboxylic acid groups (broad SMARTS) is 1. The number of aryl methyl sites for hydroxylation is 2. The molecule has 2 unspecified atom stereocenters. The van der Waals surface area contributed by atoms with Crippen LogP contribution in [-0.2, 0) is 11.8 Å². The minimum atomic E-state index is -0.718. The highest BCUT2D eigenvalue weighted by Crippen LogP contribution is 2.33. The third kappa shape index (κ3) is 1.90. The summed E-state index contributed by atoms with van der Waals surface area (Å²) in [5.41, 5.74) is 3.25. The fraction of sp³-hybridized carbons (Fsp3) is 0.429. The molecular weight excluding hydrogens is 242 g/mol. The first-order valence-corrected chi connectivity index (χ1v) is 6.46. The van der Waals surface area contributed by atoms with Gasteiger partial charge in [0.05, 0.1) is 17.1 Å². The van der Waals surface area contributed by atoms with Crippen LogP contribution in [0.3, 0.4) is 0 Å². The van der Waals surface area contributed by atoms with Crippen LogP contribution in [-0.4, -0.2) is 27.4 Å². The third-order valence-corrected chi connectivity index (χ3v) is 3.94. The molecule has 2 N–H and O–H groups in total. The standard InChI is InChI=1S/C14H17N3O2/c1-8-13-10(4-3-5-12(13)17(2)16-8)11-6-9(7-15-11)14(18)19/h3-5,9,11,15H,6-7H2,1-2H3,(H,18,19). The second-order valence-electron chi connectivity index (χ2n) is 5.18. The molecule has 1 aromatic carbocycles. The first-order valence-electron chi connectivity index (χ1n) is 6.46. The number of carbonyl (C=O) groups is 1. The maximum atomic E-state index is 11.1. The molecule has 3 rings (SSSR count). The Bertz CT molecular complexity index is 647. The van der Waals surface area contributed by atoms with Gasteiger partial charge < -0.3 is 10.4 Å². The summed E-state index contributed by atoms with van der Waals surface area (Å²) < 4.78 is 1.87. The van der Waals surface area contributed by atoms with E-state index >= 15 is 0 Å². The number of benzene rings is 1. The molecule has 0 bridgehead atoms. The third-order valence-electron chi connectivity index (χ3n) is 3.94. The van der Waals surface area contributed by atoms with E-state index in [0.717, 1.165) is 22.2 Å². The molecule has 0 amide bonds. The molecule has 1 aromatic heterocycles. The van der Waals surface area contributed by atoms with Crippen molar-refractivity contribution in [3.63, 3.8) is 0 Å². The summed E-state index contributed by atoms with van der Waals surface area (Å²) in [4.78, 5) is 11.1. The van der Waals surface area contributed by atoms with Crippen molar-refractivity contribution >= 4 is 16.9 Å². The molecule has 1 aliphatic rings. The van der Waals surface area contributed by atoms with Crippen molar-refractivity contribution in [1.29, 1.82) is 0 Å². The normalized spacial score (nSPS) is 23.1. The van der Waals surface area contributed by atoms with E-state index in [2.05, 4.69) is 16.5 Å². The van der Waals surface area contributed by atoms with E-state index in [1.165, 1.54) is 0 Å². The van der Waals surface area contributed by atoms with E-state index in [1.54, 1.807) is 0 Å². The maximum absolute atomic E-state index is 11.1. The fourth-order valence-corrected chi connectivity index (χ4v) is 3.00. The van der Waals surface area contributed by atoms with Gasteiger partial charge in [0, 0.05) is 25.0 Å². The van der Waals surface area contributed by atoms with Gasteiger partial charge in [-0.25, -0.2) is 0 Å². The first kappa shape index (κ1) is 12.2. The Morgan fingerprint density at radius 3 is 3.00 bits per heavy atom. The van der Waals surface area contributed by atoms with E-state index in [4.69, 9.17) is 5.11 Å². The Morgan fingerprint density at radius 2 is 2.32 bits per heavy atom. The Balaban J connectivity index is 2.04. The molecule has 1 aliphatic heterocycles. The number of aliphatic carboxylic acids is 1. The number of fused-ring (bicyclic) bond motifs is 1. The van der Waals surface area contributed by atoms with Gasteiger partial charge in [0.2, 0.25) is 0 Å². The lowest BCUT2D eigenvalue weighted by Gasteiger charge is -2.12. The topological polar surface area (TPSA) is 67.2 Å². The first-order chi connectivity index (χ1) is 9.08. The zero-order valence-electron chi connectivity index (χ0n) is 11.1. The molecule has 100 valence electrons. The fourth-order valence-electron chi connectivity index (χ4n) is 3.00. The molecular formula is C14H17N3O2. The van der Waals surface area contributed by atoms with Crippen LogP contribution in [0.2, 0.25) is 0 Å². The van der Waals surface area contributed by atoms with Crippen LogP contribution in [0.5, 0.6) is 0 Å². The van der Waals surface area contributed by atoms with Crippen molar-refractivity contribution < 1.29 is 9.90 Å². The highest BCUT2D eigenvalue weighted by molar-refractivity contribution is 5.86. The number of hydrogen-bond acceptors (Lipinski definition) is 3. The van der Waals surface area contributed by atoms with Gasteiger partial charge in [0.1, 0.15) is 0 Å². The summed E-state index contributed by atoms with van der Waals surface area (Å²) in [5.74, 6) is -1.01. The van der Waals surface area contributed by atoms with Gasteiger partial charge in [-0.05, 0) is 25.0 Å². The minimum Gasteiger partial charge on any atom is -0.481 e. The predicted molar refractivity (Wildman–Crippen MR) is 71.9 cm³/mol. The highest BCUT2D eigenvalue weighted by atomic mass is 16.4. The number of hydrogen-bond donors (Lipinski definition) is 2. The molecule has 2 atom stereocenters. The van der Waals surface area contributed by atoms with E-state index in [-0.39, 0.29) is 12.0 Å². The molecule has 0 aliphatic carbocycles. The van der Waals surface area contributed by atoms with E-state index in [1.807, 2.05) is 30.8 Å². The zero-order chi connectivity index (χ0) is 13.6. The Kier molecular flexibility index (Phi) is 2.78. The van der Waals surface area contributed by atoms with Gasteiger partial charge in [-0.3, -0.25) is 9.48 Å². The van der Waals surface area contributed by atoms with Crippen LogP contribution in [0.4, 0.5) is 0 Å². The SMILES string of the molecule is Cc1nn(C)c2cccc(C3CC(C(=O)O)CN3)c12. The molecule has 0 radical (unpaired) electrons. The van der Waals surface area contributed by atoms with Crippen LogP contribution in [0.25, 0.3) is 10.9 Å². The van der Waals surface area contributed by atoms with Crippen LogP contribution >= 0.6 is 0 Å². The van der Waals surface area contributed by atoms with Crippen LogP contribution in [0, 0.1) is 12.8 Å². The van der Waals surface area contributed by atoms with Gasteiger partial charge in [-0.2, -0.15) is 5.10 Å². The van der Waals surface area contributed by atoms with Crippen molar-refractivity contribution in [2.45, 2.75) is 19.4 Å². The van der Waals surface area contributed by atoms with E-state index in [9.17, 15) is 4.79 Å². The Hall–Kier alpha value is -1.88. The largest absolute Gasteiger partial charge is 0.481 e. The average Bonchev–Trinajstić information content (AvgIpc) is 2.96. The summed E-state index contributed by atoms with van der Waals surface area (Å²) in [6.45, 7) is 2.53. The second kappa shape index (κ2) is 4.35. The van der Waals surface area contributed by atoms with E-state index in [0.29, 0.717) is 13.0 Å². The van der Waals surface area contributed by atoms with Crippen molar-refractivity contribution in [2.24, 2.45) is 13.0 Å². The number of rotatable bonds is 2. The summed E-state index contributed by atoms with van der Waals surface area (Å²) in [6.07, 6.45) is 0.642. The number of nitrogens with one attached hydrogen (secondary N) is 1. The molecule has 0 spiro atoms. The summed E-state index contributed by atoms with van der Waals surface area (Å²) in [7, 11) is 1.93. The van der Waals surface area contributed by atoms with Gasteiger partial charge >= 0.3 is 5.97 Å². The van der Waals surface area contributed by atoms with E-state index < -0.39 is 5.97 Å². The maximum Gasteiger partial charge on any atom is 0.307 e. The average molecular weight is 259 g/mol. The van der Waals surface area contributed by atoms with Crippen molar-refractivity contribution in [3.05, 3.63) is 29.5 Å². The lowest BCUT2D eigenvalue weighted by molar-refractivity contribution is -0.141. The summed E-state index contributed by atoms with van der Waals surface area (Å²) in [6, 6.07) is 6.23. The van der Waals surface area contributed by atoms with Gasteiger partial charge in [0.15, 0.2) is 0 Å². The lowest BCUT2D eigenvalue weighted by atomic mass is 9.96. The smallest absolute Gasteiger partial charge is 0.307 e. The summed E-state index contributed by atoms with van der Waals surface area (Å²) in [5, 5.41) is 18.0. The van der Waals surface area contributed by atoms with Crippen molar-refractivity contribution in [2.75, 3.05) is 6.54 Å². The van der Waals surface area contributed by atoms with Crippen LogP contribution in [0.1, 0.15) is 23.7 Å². The van der Waals surface area contributed by atoms with Crippen molar-refractivity contribution in [1.82, 2.24) is 15.1 Å². The molecule has 5 heteroatoms. The summed E-state index contributed by atoms with van der Waals surface area (Å²) >= 11 is 0. The second-order valence-corrected chi connectivity index (χ2v) is 5.18. The molecule has 2 heterocycles. The molecule has 1 saturated heterocycles. The molecule has 2 aromatic rings. The molecule has 19 heavy (non-hydrogen) atoms. The monoisotopic (exact) mass is 259 g/mol. The van der Waals surface area contributed by atoms with Crippen LogP contribution in [0.15, 0.2) is 18.2 Å². The van der Waals surface area contributed by atoms with Crippen LogP contribution < -0.4 is 5.32 Å². The van der Waals surface area contributed by atoms with Gasteiger partial charge in [-0.15, -0.1) is 0 Å². The highest BCUT2D eigenvalue weighted by Gasteiger charge is 2.31. The lowest BCUT2D eigenvalue weighted by Crippen LogP contribution is -2.17. The quantitative estimate of drug-likeness (QED) is 0.860.